The van der Waals surface area contributed by atoms with Crippen molar-refractivity contribution in [1.29, 1.82) is 10.5 Å². The van der Waals surface area contributed by atoms with Crippen LogP contribution in [-0.2, 0) is 11.2 Å². The van der Waals surface area contributed by atoms with Crippen LogP contribution in [0.5, 0.6) is 11.5 Å². The van der Waals surface area contributed by atoms with Crippen LogP contribution in [0.2, 0.25) is 0 Å². The van der Waals surface area contributed by atoms with Gasteiger partial charge in [-0.1, -0.05) is 19.8 Å². The molecule has 0 aliphatic heterocycles. The van der Waals surface area contributed by atoms with Crippen molar-refractivity contribution in [2.75, 3.05) is 14.2 Å². The van der Waals surface area contributed by atoms with Gasteiger partial charge in [-0.15, -0.1) is 0 Å². The minimum atomic E-state index is -1.24. The highest BCUT2D eigenvalue weighted by molar-refractivity contribution is 5.81. The summed E-state index contributed by atoms with van der Waals surface area (Å²) in [5.41, 5.74) is 0.515. The number of Topliss-reactive ketones (excluding diaryl/α,β-unsaturated/α-hetero) is 1. The van der Waals surface area contributed by atoms with Crippen molar-refractivity contribution in [2.24, 2.45) is 5.41 Å². The predicted molar refractivity (Wildman–Crippen MR) is 98.0 cm³/mol. The predicted octanol–water partition coefficient (Wildman–Crippen LogP) is 4.31. The van der Waals surface area contributed by atoms with Gasteiger partial charge < -0.3 is 9.47 Å². The first-order valence-corrected chi connectivity index (χ1v) is 9.14. The molecule has 5 nitrogen and oxygen atoms in total. The Morgan fingerprint density at radius 3 is 2.27 bits per heavy atom. The van der Waals surface area contributed by atoms with E-state index in [0.29, 0.717) is 17.1 Å². The lowest BCUT2D eigenvalue weighted by atomic mass is 9.64. The summed E-state index contributed by atoms with van der Waals surface area (Å²) in [5.74, 6) is 0.691. The molecular weight excluding hydrogens is 328 g/mol. The molecule has 0 unspecified atom stereocenters. The summed E-state index contributed by atoms with van der Waals surface area (Å²) >= 11 is 0. The summed E-state index contributed by atoms with van der Waals surface area (Å²) in [5, 5.41) is 19.4. The van der Waals surface area contributed by atoms with Gasteiger partial charge >= 0.3 is 0 Å². The molecule has 5 heteroatoms. The molecule has 2 rings (SSSR count). The molecule has 1 aromatic carbocycles. The third-order valence-corrected chi connectivity index (χ3v) is 5.25. The Kier molecular flexibility index (Phi) is 6.64. The van der Waals surface area contributed by atoms with E-state index in [9.17, 15) is 15.3 Å². The van der Waals surface area contributed by atoms with Crippen molar-refractivity contribution in [1.82, 2.24) is 0 Å². The quantitative estimate of drug-likeness (QED) is 0.681. The molecule has 1 fully saturated rings. The van der Waals surface area contributed by atoms with Gasteiger partial charge in [-0.2, -0.15) is 10.5 Å². The maximum absolute atomic E-state index is 12.1. The fourth-order valence-corrected chi connectivity index (χ4v) is 3.72. The number of ether oxygens (including phenoxy) is 2. The third-order valence-electron chi connectivity index (χ3n) is 5.25. The van der Waals surface area contributed by atoms with Gasteiger partial charge in [-0.05, 0) is 37.0 Å². The molecule has 0 radical (unpaired) electrons. The maximum atomic E-state index is 12.1. The topological polar surface area (TPSA) is 83.1 Å². The molecule has 26 heavy (non-hydrogen) atoms. The molecular formula is C21H26N2O3. The monoisotopic (exact) mass is 354 g/mol. The summed E-state index contributed by atoms with van der Waals surface area (Å²) < 4.78 is 11.2. The molecule has 0 heterocycles. The molecule has 0 aromatic heterocycles. The van der Waals surface area contributed by atoms with Gasteiger partial charge in [0.15, 0.2) is 5.41 Å². The number of hydrogen-bond acceptors (Lipinski definition) is 5. The summed E-state index contributed by atoms with van der Waals surface area (Å²) in [6.45, 7) is 2.16. The molecule has 1 aromatic rings. The van der Waals surface area contributed by atoms with Crippen LogP contribution in [0.3, 0.4) is 0 Å². The minimum absolute atomic E-state index is 0.0623. The van der Waals surface area contributed by atoms with Gasteiger partial charge in [-0.25, -0.2) is 0 Å². The highest BCUT2D eigenvalue weighted by Crippen LogP contribution is 2.51. The fraction of sp³-hybridized carbons (Fsp3) is 0.571. The zero-order chi connectivity index (χ0) is 19.2. The Morgan fingerprint density at radius 2 is 1.77 bits per heavy atom. The molecule has 0 saturated heterocycles. The first-order chi connectivity index (χ1) is 12.5. The van der Waals surface area contributed by atoms with E-state index in [0.717, 1.165) is 31.2 Å². The Bertz CT molecular complexity index is 704. The number of rotatable bonds is 7. The van der Waals surface area contributed by atoms with Gasteiger partial charge in [0.25, 0.3) is 0 Å². The number of nitriles is 2. The number of hydrogen-bond donors (Lipinski definition) is 0. The zero-order valence-electron chi connectivity index (χ0n) is 15.8. The van der Waals surface area contributed by atoms with E-state index in [2.05, 4.69) is 19.1 Å². The number of ketones is 1. The Labute approximate surface area is 155 Å². The SMILES string of the molecule is CCCCCc1cc(OC)c([C@H]2CC(=O)CCC2(C#N)C#N)c(OC)c1. The van der Waals surface area contributed by atoms with E-state index >= 15 is 0 Å². The zero-order valence-corrected chi connectivity index (χ0v) is 15.8. The second-order valence-corrected chi connectivity index (χ2v) is 6.86. The Hall–Kier alpha value is -2.53. The van der Waals surface area contributed by atoms with Gasteiger partial charge in [0.1, 0.15) is 17.3 Å². The smallest absolute Gasteiger partial charge is 0.151 e. The van der Waals surface area contributed by atoms with Crippen molar-refractivity contribution in [2.45, 2.75) is 57.8 Å². The molecule has 0 N–H and O–H groups in total. The Morgan fingerprint density at radius 1 is 1.15 bits per heavy atom. The average Bonchev–Trinajstić information content (AvgIpc) is 2.67. The lowest BCUT2D eigenvalue weighted by molar-refractivity contribution is -0.121. The number of unbranched alkanes of at least 4 members (excludes halogenated alkanes) is 2. The van der Waals surface area contributed by atoms with Crippen molar-refractivity contribution in [3.05, 3.63) is 23.3 Å². The number of carbonyl (C=O) groups is 1. The van der Waals surface area contributed by atoms with Crippen LogP contribution in [0.25, 0.3) is 0 Å². The van der Waals surface area contributed by atoms with E-state index in [1.165, 1.54) is 0 Å². The summed E-state index contributed by atoms with van der Waals surface area (Å²) in [4.78, 5) is 12.1. The van der Waals surface area contributed by atoms with Gasteiger partial charge in [0.05, 0.1) is 26.4 Å². The van der Waals surface area contributed by atoms with Crippen LogP contribution in [0.1, 0.15) is 62.5 Å². The summed E-state index contributed by atoms with van der Waals surface area (Å²) in [6.07, 6.45) is 4.93. The minimum Gasteiger partial charge on any atom is -0.496 e. The lowest BCUT2D eigenvalue weighted by Gasteiger charge is -2.34. The van der Waals surface area contributed by atoms with Crippen LogP contribution < -0.4 is 9.47 Å². The molecule has 1 aliphatic rings. The summed E-state index contributed by atoms with van der Waals surface area (Å²) in [7, 11) is 3.14. The van der Waals surface area contributed by atoms with E-state index in [1.807, 2.05) is 12.1 Å². The molecule has 0 amide bonds. The standard InChI is InChI=1S/C21H26N2O3/c1-4-5-6-7-15-10-18(25-2)20(19(11-15)26-3)17-12-16(24)8-9-21(17,13-22)14-23/h10-11,17H,4-9,12H2,1-3H3/t17-/m1/s1. The van der Waals surface area contributed by atoms with Crippen LogP contribution in [0.4, 0.5) is 0 Å². The average molecular weight is 354 g/mol. The third kappa shape index (κ3) is 3.83. The molecule has 0 bridgehead atoms. The number of carbonyl (C=O) groups excluding carboxylic acids is 1. The molecule has 0 spiro atoms. The van der Waals surface area contributed by atoms with Crippen molar-refractivity contribution >= 4 is 5.78 Å². The van der Waals surface area contributed by atoms with Crippen molar-refractivity contribution < 1.29 is 14.3 Å². The maximum Gasteiger partial charge on any atom is 0.151 e. The highest BCUT2D eigenvalue weighted by Gasteiger charge is 2.47. The van der Waals surface area contributed by atoms with E-state index < -0.39 is 11.3 Å². The lowest BCUT2D eigenvalue weighted by Crippen LogP contribution is -2.33. The summed E-state index contributed by atoms with van der Waals surface area (Å²) in [6, 6.07) is 8.24. The van der Waals surface area contributed by atoms with Gasteiger partial charge in [-0.3, -0.25) is 4.79 Å². The first-order valence-electron chi connectivity index (χ1n) is 9.14. The number of aryl methyl sites for hydroxylation is 1. The van der Waals surface area contributed by atoms with Crippen LogP contribution >= 0.6 is 0 Å². The second-order valence-electron chi connectivity index (χ2n) is 6.86. The van der Waals surface area contributed by atoms with Crippen LogP contribution in [0.15, 0.2) is 12.1 Å². The second kappa shape index (κ2) is 8.72. The van der Waals surface area contributed by atoms with Crippen molar-refractivity contribution in [3.63, 3.8) is 0 Å². The highest BCUT2D eigenvalue weighted by atomic mass is 16.5. The molecule has 1 atom stereocenters. The van der Waals surface area contributed by atoms with Gasteiger partial charge in [0.2, 0.25) is 0 Å². The van der Waals surface area contributed by atoms with Crippen molar-refractivity contribution in [3.8, 4) is 23.6 Å². The molecule has 1 saturated carbocycles. The number of methoxy groups -OCH3 is 2. The van der Waals surface area contributed by atoms with Gasteiger partial charge in [0, 0.05) is 24.3 Å². The van der Waals surface area contributed by atoms with E-state index in [4.69, 9.17) is 9.47 Å². The number of nitrogens with zero attached hydrogens (tertiary/aromatic N) is 2. The van der Waals surface area contributed by atoms with E-state index in [-0.39, 0.29) is 25.0 Å². The molecule has 138 valence electrons. The van der Waals surface area contributed by atoms with Crippen LogP contribution in [0, 0.1) is 28.1 Å². The Balaban J connectivity index is 2.54. The first kappa shape index (κ1) is 19.8. The normalized spacial score (nSPS) is 18.7. The fourth-order valence-electron chi connectivity index (χ4n) is 3.72. The van der Waals surface area contributed by atoms with E-state index in [1.54, 1.807) is 14.2 Å². The number of benzene rings is 1. The molecule has 1 aliphatic carbocycles. The van der Waals surface area contributed by atoms with Crippen LogP contribution in [-0.4, -0.2) is 20.0 Å². The largest absolute Gasteiger partial charge is 0.496 e.